The van der Waals surface area contributed by atoms with Crippen molar-refractivity contribution in [3.05, 3.63) is 20.9 Å². The molecule has 1 rings (SSSR count). The molecule has 0 radical (unpaired) electrons. The van der Waals surface area contributed by atoms with E-state index in [0.29, 0.717) is 13.2 Å². The van der Waals surface area contributed by atoms with E-state index >= 15 is 0 Å². The fraction of sp³-hybridized carbons (Fsp3) is 1.00. The van der Waals surface area contributed by atoms with Crippen LogP contribution < -0.4 is 0 Å². The summed E-state index contributed by atoms with van der Waals surface area (Å²) in [7, 11) is 0. The van der Waals surface area contributed by atoms with E-state index in [9.17, 15) is 0 Å². The van der Waals surface area contributed by atoms with Crippen molar-refractivity contribution >= 4 is 0 Å². The van der Waals surface area contributed by atoms with E-state index in [4.69, 9.17) is 20.5 Å². The van der Waals surface area contributed by atoms with Crippen LogP contribution in [-0.2, 0) is 9.47 Å². The largest absolute Gasteiger partial charge is 0.350 e. The molecule has 0 N–H and O–H groups in total. The van der Waals surface area contributed by atoms with Crippen LogP contribution in [0.1, 0.15) is 71.6 Å². The predicted molar refractivity (Wildman–Crippen MR) is 98.0 cm³/mol. The monoisotopic (exact) mass is 352 g/mol. The third-order valence-electron chi connectivity index (χ3n) is 4.79. The minimum absolute atomic E-state index is 0.205. The normalized spacial score (nSPS) is 25.8. The molecular weight excluding hydrogens is 320 g/mol. The minimum atomic E-state index is -0.599. The number of hydrogen-bond donors (Lipinski definition) is 0. The topological polar surface area (TPSA) is 116 Å². The lowest BCUT2D eigenvalue weighted by atomic mass is 9.88. The Hall–Kier alpha value is -1.46. The van der Waals surface area contributed by atoms with Crippen molar-refractivity contribution in [3.63, 3.8) is 0 Å². The standard InChI is InChI=1S/C17H32N6O2/c1-3-4-5-6-7-8-9-10-11-16(2)24-14-17(15-25-16,12-20-22-18)13-21-23-19/h3-15H2,1-2H3. The molecule has 0 bridgehead atoms. The van der Waals surface area contributed by atoms with E-state index < -0.39 is 11.2 Å². The lowest BCUT2D eigenvalue weighted by Gasteiger charge is -2.44. The Bertz CT molecular complexity index is 442. The molecule has 1 aliphatic heterocycles. The Balaban J connectivity index is 2.31. The van der Waals surface area contributed by atoms with Gasteiger partial charge in [-0.25, -0.2) is 0 Å². The molecule has 0 aliphatic carbocycles. The quantitative estimate of drug-likeness (QED) is 0.178. The Morgan fingerprint density at radius 3 is 1.80 bits per heavy atom. The first kappa shape index (κ1) is 21.6. The number of ether oxygens (including phenoxy) is 2. The molecule has 0 aromatic heterocycles. The third-order valence-corrected chi connectivity index (χ3v) is 4.79. The maximum atomic E-state index is 8.55. The van der Waals surface area contributed by atoms with E-state index in [-0.39, 0.29) is 13.1 Å². The Morgan fingerprint density at radius 2 is 1.32 bits per heavy atom. The van der Waals surface area contributed by atoms with Crippen LogP contribution in [0.15, 0.2) is 10.2 Å². The first-order valence-corrected chi connectivity index (χ1v) is 9.39. The summed E-state index contributed by atoms with van der Waals surface area (Å²) in [5, 5.41) is 7.25. The zero-order chi connectivity index (χ0) is 18.4. The molecule has 1 aliphatic rings. The molecule has 8 nitrogen and oxygen atoms in total. The van der Waals surface area contributed by atoms with Gasteiger partial charge in [0.2, 0.25) is 0 Å². The zero-order valence-electron chi connectivity index (χ0n) is 15.7. The van der Waals surface area contributed by atoms with Crippen LogP contribution in [-0.4, -0.2) is 32.1 Å². The molecule has 1 fully saturated rings. The van der Waals surface area contributed by atoms with Crippen LogP contribution in [0.25, 0.3) is 20.9 Å². The van der Waals surface area contributed by atoms with Crippen molar-refractivity contribution in [2.24, 2.45) is 15.6 Å². The molecule has 0 unspecified atom stereocenters. The molecular formula is C17H32N6O2. The first-order chi connectivity index (χ1) is 12.1. The lowest BCUT2D eigenvalue weighted by molar-refractivity contribution is -0.294. The van der Waals surface area contributed by atoms with Gasteiger partial charge in [0, 0.05) is 34.7 Å². The van der Waals surface area contributed by atoms with Gasteiger partial charge in [0.1, 0.15) is 0 Å². The summed E-state index contributed by atoms with van der Waals surface area (Å²) < 4.78 is 11.9. The molecule has 1 heterocycles. The molecule has 0 spiro atoms. The van der Waals surface area contributed by atoms with Crippen LogP contribution >= 0.6 is 0 Å². The van der Waals surface area contributed by atoms with Crippen molar-refractivity contribution in [1.29, 1.82) is 0 Å². The van der Waals surface area contributed by atoms with Crippen molar-refractivity contribution in [1.82, 2.24) is 0 Å². The Morgan fingerprint density at radius 1 is 0.840 bits per heavy atom. The Kier molecular flexibility index (Phi) is 10.3. The molecule has 0 atom stereocenters. The smallest absolute Gasteiger partial charge is 0.165 e. The number of azide groups is 2. The highest BCUT2D eigenvalue weighted by Gasteiger charge is 2.41. The highest BCUT2D eigenvalue weighted by Crippen LogP contribution is 2.34. The highest BCUT2D eigenvalue weighted by atomic mass is 16.7. The summed E-state index contributed by atoms with van der Waals surface area (Å²) in [4.78, 5) is 5.59. The molecule has 142 valence electrons. The van der Waals surface area contributed by atoms with Gasteiger partial charge < -0.3 is 9.47 Å². The van der Waals surface area contributed by atoms with Crippen molar-refractivity contribution in [2.45, 2.75) is 77.4 Å². The number of hydrogen-bond acceptors (Lipinski definition) is 4. The van der Waals surface area contributed by atoms with Crippen LogP contribution in [0.4, 0.5) is 0 Å². The van der Waals surface area contributed by atoms with E-state index in [2.05, 4.69) is 27.0 Å². The van der Waals surface area contributed by atoms with Crippen LogP contribution in [0.3, 0.4) is 0 Å². The maximum Gasteiger partial charge on any atom is 0.165 e. The molecule has 25 heavy (non-hydrogen) atoms. The van der Waals surface area contributed by atoms with E-state index in [1.807, 2.05) is 6.92 Å². The van der Waals surface area contributed by atoms with Gasteiger partial charge in [-0.15, -0.1) is 0 Å². The zero-order valence-corrected chi connectivity index (χ0v) is 15.7. The molecule has 0 saturated carbocycles. The maximum absolute atomic E-state index is 8.55. The summed E-state index contributed by atoms with van der Waals surface area (Å²) >= 11 is 0. The molecule has 8 heteroatoms. The van der Waals surface area contributed by atoms with Crippen molar-refractivity contribution < 1.29 is 9.47 Å². The average Bonchev–Trinajstić information content (AvgIpc) is 2.63. The summed E-state index contributed by atoms with van der Waals surface area (Å²) in [6, 6.07) is 0. The average molecular weight is 352 g/mol. The lowest BCUT2D eigenvalue weighted by Crippen LogP contribution is -2.51. The van der Waals surface area contributed by atoms with Crippen molar-refractivity contribution in [3.8, 4) is 0 Å². The van der Waals surface area contributed by atoms with Gasteiger partial charge in [0.25, 0.3) is 0 Å². The van der Waals surface area contributed by atoms with Crippen LogP contribution in [0.2, 0.25) is 0 Å². The SMILES string of the molecule is CCCCCCCCCCC1(C)OCC(CN=[N+]=[N-])(CN=[N+]=[N-])CO1. The van der Waals surface area contributed by atoms with Gasteiger partial charge in [-0.2, -0.15) is 0 Å². The number of rotatable bonds is 13. The van der Waals surface area contributed by atoms with E-state index in [1.165, 1.54) is 44.9 Å². The summed E-state index contributed by atoms with van der Waals surface area (Å²) in [5.74, 6) is -0.599. The van der Waals surface area contributed by atoms with Crippen LogP contribution in [0, 0.1) is 5.41 Å². The van der Waals surface area contributed by atoms with Crippen molar-refractivity contribution in [2.75, 3.05) is 26.3 Å². The fourth-order valence-electron chi connectivity index (χ4n) is 3.01. The second kappa shape index (κ2) is 12.0. The van der Waals surface area contributed by atoms with E-state index in [1.54, 1.807) is 0 Å². The fourth-order valence-corrected chi connectivity index (χ4v) is 3.01. The number of unbranched alkanes of at least 4 members (excludes halogenated alkanes) is 7. The summed E-state index contributed by atoms with van der Waals surface area (Å²) in [6.45, 7) is 5.35. The van der Waals surface area contributed by atoms with Crippen LogP contribution in [0.5, 0.6) is 0 Å². The molecule has 1 saturated heterocycles. The molecule has 0 aromatic rings. The second-order valence-corrected chi connectivity index (χ2v) is 7.21. The van der Waals surface area contributed by atoms with Gasteiger partial charge in [0.05, 0.1) is 13.2 Å². The molecule has 0 amide bonds. The summed E-state index contributed by atoms with van der Waals surface area (Å²) in [6.07, 6.45) is 11.0. The highest BCUT2D eigenvalue weighted by molar-refractivity contribution is 4.89. The second-order valence-electron chi connectivity index (χ2n) is 7.21. The van der Waals surface area contributed by atoms with Gasteiger partial charge in [-0.3, -0.25) is 0 Å². The first-order valence-electron chi connectivity index (χ1n) is 9.39. The molecule has 0 aromatic carbocycles. The summed E-state index contributed by atoms with van der Waals surface area (Å²) in [5.41, 5.74) is 16.5. The van der Waals surface area contributed by atoms with E-state index in [0.717, 1.165) is 12.8 Å². The third kappa shape index (κ3) is 8.45. The van der Waals surface area contributed by atoms with Gasteiger partial charge in [-0.1, -0.05) is 62.1 Å². The van der Waals surface area contributed by atoms with Gasteiger partial charge in [0.15, 0.2) is 5.79 Å². The number of nitrogens with zero attached hydrogens (tertiary/aromatic N) is 6. The minimum Gasteiger partial charge on any atom is -0.350 e. The van der Waals surface area contributed by atoms with Gasteiger partial charge in [-0.05, 0) is 24.4 Å². The Labute approximate surface area is 150 Å². The predicted octanol–water partition coefficient (Wildman–Crippen LogP) is 5.89. The van der Waals surface area contributed by atoms with Gasteiger partial charge >= 0.3 is 0 Å².